The van der Waals surface area contributed by atoms with Gasteiger partial charge >= 0.3 is 5.97 Å². The van der Waals surface area contributed by atoms with Gasteiger partial charge in [0.15, 0.2) is 5.78 Å². The third kappa shape index (κ3) is 7.30. The van der Waals surface area contributed by atoms with E-state index in [0.717, 1.165) is 24.8 Å². The lowest BCUT2D eigenvalue weighted by molar-refractivity contribution is -0.145. The molecule has 2 N–H and O–H groups in total. The molecule has 0 amide bonds. The Bertz CT molecular complexity index is 468. The SMILES string of the molecule is C[C@@H](CCCCC(=O)OCc1ccccc1)C(=O)/C=C/N. The van der Waals surface area contributed by atoms with Crippen LogP contribution in [-0.4, -0.2) is 11.8 Å². The van der Waals surface area contributed by atoms with Gasteiger partial charge in [-0.3, -0.25) is 9.59 Å². The van der Waals surface area contributed by atoms with Crippen molar-refractivity contribution < 1.29 is 14.3 Å². The highest BCUT2D eigenvalue weighted by Gasteiger charge is 2.10. The molecule has 114 valence electrons. The van der Waals surface area contributed by atoms with E-state index < -0.39 is 0 Å². The summed E-state index contributed by atoms with van der Waals surface area (Å²) in [4.78, 5) is 23.1. The number of carbonyl (C=O) groups is 2. The molecule has 0 radical (unpaired) electrons. The number of ether oxygens (including phenoxy) is 1. The van der Waals surface area contributed by atoms with E-state index in [2.05, 4.69) is 0 Å². The van der Waals surface area contributed by atoms with E-state index in [4.69, 9.17) is 10.5 Å². The monoisotopic (exact) mass is 289 g/mol. The third-order valence-electron chi connectivity index (χ3n) is 3.26. The Morgan fingerprint density at radius 2 is 1.95 bits per heavy atom. The van der Waals surface area contributed by atoms with Crippen molar-refractivity contribution in [2.75, 3.05) is 0 Å². The van der Waals surface area contributed by atoms with E-state index in [9.17, 15) is 9.59 Å². The summed E-state index contributed by atoms with van der Waals surface area (Å²) in [5.74, 6) is -0.214. The lowest BCUT2D eigenvalue weighted by Gasteiger charge is -2.07. The average Bonchev–Trinajstić information content (AvgIpc) is 2.50. The third-order valence-corrected chi connectivity index (χ3v) is 3.26. The molecule has 1 rings (SSSR count). The Morgan fingerprint density at radius 3 is 2.62 bits per heavy atom. The maximum atomic E-state index is 11.6. The van der Waals surface area contributed by atoms with E-state index in [1.165, 1.54) is 12.3 Å². The van der Waals surface area contributed by atoms with E-state index in [1.54, 1.807) is 0 Å². The van der Waals surface area contributed by atoms with Crippen LogP contribution in [0.3, 0.4) is 0 Å². The van der Waals surface area contributed by atoms with Crippen LogP contribution >= 0.6 is 0 Å². The minimum atomic E-state index is -0.195. The molecule has 0 bridgehead atoms. The highest BCUT2D eigenvalue weighted by molar-refractivity contribution is 5.91. The predicted octanol–water partition coefficient (Wildman–Crippen LogP) is 2.97. The number of unbranched alkanes of at least 4 members (excludes halogenated alkanes) is 1. The van der Waals surface area contributed by atoms with Crippen LogP contribution in [0, 0.1) is 5.92 Å². The maximum absolute atomic E-state index is 11.6. The molecule has 1 aromatic rings. The van der Waals surface area contributed by atoms with Gasteiger partial charge in [0.2, 0.25) is 0 Å². The molecule has 0 fully saturated rings. The Morgan fingerprint density at radius 1 is 1.24 bits per heavy atom. The molecule has 0 aliphatic rings. The van der Waals surface area contributed by atoms with Crippen molar-refractivity contribution in [3.8, 4) is 0 Å². The smallest absolute Gasteiger partial charge is 0.306 e. The summed E-state index contributed by atoms with van der Waals surface area (Å²) < 4.78 is 5.19. The van der Waals surface area contributed by atoms with Crippen molar-refractivity contribution in [2.24, 2.45) is 11.7 Å². The number of hydrogen-bond donors (Lipinski definition) is 1. The minimum absolute atomic E-state index is 0.0316. The van der Waals surface area contributed by atoms with Gasteiger partial charge in [0.05, 0.1) is 0 Å². The average molecular weight is 289 g/mol. The normalized spacial score (nSPS) is 12.2. The lowest BCUT2D eigenvalue weighted by atomic mass is 9.99. The summed E-state index contributed by atoms with van der Waals surface area (Å²) in [7, 11) is 0. The molecule has 0 saturated carbocycles. The van der Waals surface area contributed by atoms with Crippen molar-refractivity contribution in [1.29, 1.82) is 0 Å². The molecular formula is C17H23NO3. The van der Waals surface area contributed by atoms with Crippen molar-refractivity contribution in [3.05, 3.63) is 48.2 Å². The standard InChI is InChI=1S/C17H23NO3/c1-14(16(19)11-12-18)7-5-6-10-17(20)21-13-15-8-3-2-4-9-15/h2-4,8-9,11-12,14H,5-7,10,13,18H2,1H3/b12-11+/t14-/m0/s1. The van der Waals surface area contributed by atoms with E-state index in [-0.39, 0.29) is 17.7 Å². The number of benzene rings is 1. The molecule has 0 aliphatic carbocycles. The van der Waals surface area contributed by atoms with Gasteiger partial charge in [0.25, 0.3) is 0 Å². The van der Waals surface area contributed by atoms with Gasteiger partial charge in [0, 0.05) is 12.3 Å². The predicted molar refractivity (Wildman–Crippen MR) is 82.2 cm³/mol. The first-order valence-electron chi connectivity index (χ1n) is 7.25. The van der Waals surface area contributed by atoms with Crippen LogP contribution in [0.1, 0.15) is 38.2 Å². The summed E-state index contributed by atoms with van der Waals surface area (Å²) in [6.07, 6.45) is 5.36. The number of hydrogen-bond acceptors (Lipinski definition) is 4. The highest BCUT2D eigenvalue weighted by Crippen LogP contribution is 2.12. The summed E-state index contributed by atoms with van der Waals surface area (Å²) >= 11 is 0. The van der Waals surface area contributed by atoms with Crippen molar-refractivity contribution >= 4 is 11.8 Å². The molecule has 1 atom stereocenters. The Hall–Kier alpha value is -2.10. The first kappa shape index (κ1) is 17.0. The van der Waals surface area contributed by atoms with Gasteiger partial charge in [0.1, 0.15) is 6.61 Å². The van der Waals surface area contributed by atoms with Crippen molar-refractivity contribution in [3.63, 3.8) is 0 Å². The van der Waals surface area contributed by atoms with Crippen LogP contribution in [0.25, 0.3) is 0 Å². The Kier molecular flexibility index (Phi) is 7.87. The number of allylic oxidation sites excluding steroid dienone is 1. The van der Waals surface area contributed by atoms with Gasteiger partial charge in [-0.2, -0.15) is 0 Å². The van der Waals surface area contributed by atoms with Crippen LogP contribution in [-0.2, 0) is 20.9 Å². The Balaban J connectivity index is 2.12. The van der Waals surface area contributed by atoms with Crippen LogP contribution < -0.4 is 5.73 Å². The summed E-state index contributed by atoms with van der Waals surface area (Å²) in [6, 6.07) is 9.60. The molecule has 0 aliphatic heterocycles. The second-order valence-electron chi connectivity index (χ2n) is 5.05. The quantitative estimate of drug-likeness (QED) is 0.431. The minimum Gasteiger partial charge on any atom is -0.461 e. The number of nitrogens with two attached hydrogens (primary N) is 1. The topological polar surface area (TPSA) is 69.4 Å². The fourth-order valence-corrected chi connectivity index (χ4v) is 1.93. The molecular weight excluding hydrogens is 266 g/mol. The van der Waals surface area contributed by atoms with Gasteiger partial charge in [-0.05, 0) is 30.7 Å². The number of esters is 1. The number of carbonyl (C=O) groups excluding carboxylic acids is 2. The van der Waals surface area contributed by atoms with Crippen LogP contribution in [0.4, 0.5) is 0 Å². The lowest BCUT2D eigenvalue weighted by Crippen LogP contribution is -2.09. The molecule has 0 unspecified atom stereocenters. The molecule has 0 heterocycles. The van der Waals surface area contributed by atoms with Gasteiger partial charge in [-0.25, -0.2) is 0 Å². The van der Waals surface area contributed by atoms with Crippen LogP contribution in [0.5, 0.6) is 0 Å². The molecule has 0 saturated heterocycles. The van der Waals surface area contributed by atoms with Crippen molar-refractivity contribution in [2.45, 2.75) is 39.2 Å². The zero-order valence-corrected chi connectivity index (χ0v) is 12.5. The second-order valence-corrected chi connectivity index (χ2v) is 5.05. The maximum Gasteiger partial charge on any atom is 0.306 e. The van der Waals surface area contributed by atoms with Gasteiger partial charge in [-0.1, -0.05) is 43.7 Å². The molecule has 0 aromatic heterocycles. The number of ketones is 1. The van der Waals surface area contributed by atoms with E-state index >= 15 is 0 Å². The molecule has 0 spiro atoms. The second kappa shape index (κ2) is 9.75. The Labute approximate surface area is 126 Å². The van der Waals surface area contributed by atoms with Gasteiger partial charge < -0.3 is 10.5 Å². The highest BCUT2D eigenvalue weighted by atomic mass is 16.5. The van der Waals surface area contributed by atoms with Crippen molar-refractivity contribution in [1.82, 2.24) is 0 Å². The first-order valence-corrected chi connectivity index (χ1v) is 7.25. The summed E-state index contributed by atoms with van der Waals surface area (Å²) in [6.45, 7) is 2.19. The molecule has 4 heteroatoms. The number of rotatable bonds is 9. The molecule has 1 aromatic carbocycles. The fraction of sp³-hybridized carbons (Fsp3) is 0.412. The fourth-order valence-electron chi connectivity index (χ4n) is 1.93. The summed E-state index contributed by atoms with van der Waals surface area (Å²) in [5.41, 5.74) is 6.17. The van der Waals surface area contributed by atoms with Gasteiger partial charge in [-0.15, -0.1) is 0 Å². The zero-order chi connectivity index (χ0) is 15.5. The largest absolute Gasteiger partial charge is 0.461 e. The molecule has 4 nitrogen and oxygen atoms in total. The van der Waals surface area contributed by atoms with Crippen LogP contribution in [0.15, 0.2) is 42.6 Å². The summed E-state index contributed by atoms with van der Waals surface area (Å²) in [5, 5.41) is 0. The van der Waals surface area contributed by atoms with E-state index in [0.29, 0.717) is 13.0 Å². The zero-order valence-electron chi connectivity index (χ0n) is 12.5. The molecule has 21 heavy (non-hydrogen) atoms. The van der Waals surface area contributed by atoms with Crippen LogP contribution in [0.2, 0.25) is 0 Å². The van der Waals surface area contributed by atoms with E-state index in [1.807, 2.05) is 37.3 Å². The first-order chi connectivity index (χ1) is 10.1.